The molecule has 0 saturated carbocycles. The third-order valence-corrected chi connectivity index (χ3v) is 3.47. The number of nitrogens with one attached hydrogen (secondary N) is 1. The molecule has 0 aliphatic carbocycles. The van der Waals surface area contributed by atoms with Crippen molar-refractivity contribution in [3.05, 3.63) is 71.2 Å². The third-order valence-electron chi connectivity index (χ3n) is 3.15. The van der Waals surface area contributed by atoms with Gasteiger partial charge >= 0.3 is 0 Å². The Morgan fingerprint density at radius 3 is 2.50 bits per heavy atom. The van der Waals surface area contributed by atoms with Crippen molar-refractivity contribution in [3.8, 4) is 6.07 Å². The normalized spacial score (nSPS) is 10.2. The molecule has 0 bridgehead atoms. The average Bonchev–Trinajstić information content (AvgIpc) is 2.47. The Morgan fingerprint density at radius 2 is 1.70 bits per heavy atom. The summed E-state index contributed by atoms with van der Waals surface area (Å²) in [6.07, 6.45) is 0. The lowest BCUT2D eigenvalue weighted by molar-refractivity contribution is 1.46. The Bertz CT molecular complexity index is 819. The van der Waals surface area contributed by atoms with Crippen LogP contribution in [-0.4, -0.2) is 0 Å². The van der Waals surface area contributed by atoms with Crippen LogP contribution >= 0.6 is 11.6 Å². The first-order valence-corrected chi connectivity index (χ1v) is 6.60. The third kappa shape index (κ3) is 2.32. The second kappa shape index (κ2) is 5.24. The summed E-state index contributed by atoms with van der Waals surface area (Å²) in [6.45, 7) is 0. The molecule has 0 spiro atoms. The molecule has 96 valence electrons. The number of benzene rings is 3. The van der Waals surface area contributed by atoms with Gasteiger partial charge in [-0.3, -0.25) is 0 Å². The molecule has 0 radical (unpaired) electrons. The van der Waals surface area contributed by atoms with E-state index in [9.17, 15) is 5.26 Å². The van der Waals surface area contributed by atoms with Gasteiger partial charge in [-0.25, -0.2) is 0 Å². The first-order chi connectivity index (χ1) is 9.78. The van der Waals surface area contributed by atoms with Crippen LogP contribution in [0.1, 0.15) is 5.56 Å². The highest BCUT2D eigenvalue weighted by molar-refractivity contribution is 6.32. The maximum absolute atomic E-state index is 9.17. The van der Waals surface area contributed by atoms with Gasteiger partial charge in [0.2, 0.25) is 0 Å². The minimum absolute atomic E-state index is 0.457. The lowest BCUT2D eigenvalue weighted by Crippen LogP contribution is -1.94. The van der Waals surface area contributed by atoms with Crippen molar-refractivity contribution < 1.29 is 0 Å². The number of nitriles is 1. The molecule has 0 atom stereocenters. The van der Waals surface area contributed by atoms with E-state index in [2.05, 4.69) is 29.6 Å². The molecule has 2 nitrogen and oxygen atoms in total. The molecule has 0 aromatic heterocycles. The fourth-order valence-electron chi connectivity index (χ4n) is 2.16. The second-order valence-corrected chi connectivity index (χ2v) is 4.87. The Kier molecular flexibility index (Phi) is 3.28. The van der Waals surface area contributed by atoms with Crippen LogP contribution in [0.5, 0.6) is 0 Å². The first kappa shape index (κ1) is 12.5. The van der Waals surface area contributed by atoms with Crippen LogP contribution in [0.15, 0.2) is 60.7 Å². The quantitative estimate of drug-likeness (QED) is 0.707. The van der Waals surface area contributed by atoms with E-state index < -0.39 is 0 Å². The molecule has 0 heterocycles. The monoisotopic (exact) mass is 278 g/mol. The van der Waals surface area contributed by atoms with Gasteiger partial charge in [0, 0.05) is 5.69 Å². The fourth-order valence-corrected chi connectivity index (χ4v) is 2.38. The van der Waals surface area contributed by atoms with Gasteiger partial charge in [0.25, 0.3) is 0 Å². The largest absolute Gasteiger partial charge is 0.354 e. The van der Waals surface area contributed by atoms with Crippen LogP contribution in [0.4, 0.5) is 11.4 Å². The van der Waals surface area contributed by atoms with E-state index in [0.29, 0.717) is 10.6 Å². The van der Waals surface area contributed by atoms with E-state index in [-0.39, 0.29) is 0 Å². The smallest absolute Gasteiger partial charge is 0.103 e. The summed E-state index contributed by atoms with van der Waals surface area (Å²) in [4.78, 5) is 0. The van der Waals surface area contributed by atoms with Gasteiger partial charge in [0.1, 0.15) is 6.07 Å². The number of anilines is 2. The minimum atomic E-state index is 0.457. The maximum Gasteiger partial charge on any atom is 0.103 e. The van der Waals surface area contributed by atoms with Crippen molar-refractivity contribution in [2.24, 2.45) is 0 Å². The topological polar surface area (TPSA) is 35.8 Å². The van der Waals surface area contributed by atoms with Crippen LogP contribution in [0.2, 0.25) is 5.02 Å². The molecule has 3 heteroatoms. The molecule has 3 aromatic rings. The van der Waals surface area contributed by atoms with Crippen LogP contribution in [0, 0.1) is 11.3 Å². The summed E-state index contributed by atoms with van der Waals surface area (Å²) >= 11 is 6.03. The van der Waals surface area contributed by atoms with E-state index in [0.717, 1.165) is 16.8 Å². The van der Waals surface area contributed by atoms with Gasteiger partial charge < -0.3 is 5.32 Å². The molecule has 20 heavy (non-hydrogen) atoms. The van der Waals surface area contributed by atoms with Crippen molar-refractivity contribution >= 4 is 33.7 Å². The van der Waals surface area contributed by atoms with Crippen molar-refractivity contribution in [2.45, 2.75) is 0 Å². The first-order valence-electron chi connectivity index (χ1n) is 6.22. The molecule has 0 amide bonds. The molecule has 3 aromatic carbocycles. The summed E-state index contributed by atoms with van der Waals surface area (Å²) < 4.78 is 0. The Balaban J connectivity index is 2.02. The van der Waals surface area contributed by atoms with Gasteiger partial charge in [0.05, 0.1) is 16.3 Å². The number of hydrogen-bond donors (Lipinski definition) is 1. The van der Waals surface area contributed by atoms with E-state index in [1.54, 1.807) is 6.07 Å². The molecule has 0 saturated heterocycles. The summed E-state index contributed by atoms with van der Waals surface area (Å²) in [6, 6.07) is 21.8. The highest BCUT2D eigenvalue weighted by Crippen LogP contribution is 2.27. The molecular formula is C17H11ClN2. The molecule has 0 aliphatic heterocycles. The minimum Gasteiger partial charge on any atom is -0.354 e. The summed E-state index contributed by atoms with van der Waals surface area (Å²) in [7, 11) is 0. The zero-order valence-electron chi connectivity index (χ0n) is 10.6. The van der Waals surface area contributed by atoms with E-state index in [4.69, 9.17) is 11.6 Å². The molecule has 3 rings (SSSR count). The number of nitrogens with zero attached hydrogens (tertiary/aromatic N) is 1. The van der Waals surface area contributed by atoms with Crippen molar-refractivity contribution in [2.75, 3.05) is 5.32 Å². The summed E-state index contributed by atoms with van der Waals surface area (Å²) in [5.74, 6) is 0. The van der Waals surface area contributed by atoms with Crippen molar-refractivity contribution in [3.63, 3.8) is 0 Å². The highest BCUT2D eigenvalue weighted by atomic mass is 35.5. The van der Waals surface area contributed by atoms with Gasteiger partial charge in [-0.2, -0.15) is 5.26 Å². The van der Waals surface area contributed by atoms with E-state index >= 15 is 0 Å². The number of fused-ring (bicyclic) bond motifs is 1. The predicted molar refractivity (Wildman–Crippen MR) is 83.4 cm³/mol. The fraction of sp³-hybridized carbons (Fsp3) is 0. The van der Waals surface area contributed by atoms with Crippen molar-refractivity contribution in [1.29, 1.82) is 5.26 Å². The van der Waals surface area contributed by atoms with Crippen LogP contribution in [-0.2, 0) is 0 Å². The second-order valence-electron chi connectivity index (χ2n) is 4.46. The van der Waals surface area contributed by atoms with Crippen molar-refractivity contribution in [1.82, 2.24) is 0 Å². The van der Waals surface area contributed by atoms with Gasteiger partial charge in [-0.05, 0) is 35.0 Å². The van der Waals surface area contributed by atoms with E-state index in [1.165, 1.54) is 5.39 Å². The Labute approximate surface area is 122 Å². The van der Waals surface area contributed by atoms with Crippen LogP contribution in [0.3, 0.4) is 0 Å². The predicted octanol–water partition coefficient (Wildman–Crippen LogP) is 5.11. The van der Waals surface area contributed by atoms with E-state index in [1.807, 2.05) is 36.4 Å². The zero-order chi connectivity index (χ0) is 13.9. The molecule has 0 fully saturated rings. The number of hydrogen-bond acceptors (Lipinski definition) is 2. The lowest BCUT2D eigenvalue weighted by Gasteiger charge is -2.10. The maximum atomic E-state index is 9.17. The lowest BCUT2D eigenvalue weighted by atomic mass is 10.1. The molecule has 1 N–H and O–H groups in total. The zero-order valence-corrected chi connectivity index (χ0v) is 11.4. The standard InChI is InChI=1S/C17H11ClN2/c18-16-6-3-7-17(15(16)11-19)20-14-9-8-12-4-1-2-5-13(12)10-14/h1-10,20H. The van der Waals surface area contributed by atoms with Crippen LogP contribution in [0.25, 0.3) is 10.8 Å². The highest BCUT2D eigenvalue weighted by Gasteiger charge is 2.06. The van der Waals surface area contributed by atoms with Gasteiger partial charge in [0.15, 0.2) is 0 Å². The Hall–Kier alpha value is -2.50. The molecule has 0 unspecified atom stereocenters. The van der Waals surface area contributed by atoms with Crippen LogP contribution < -0.4 is 5.32 Å². The van der Waals surface area contributed by atoms with Gasteiger partial charge in [-0.1, -0.05) is 48.0 Å². The summed E-state index contributed by atoms with van der Waals surface area (Å²) in [5, 5.41) is 15.2. The number of halogens is 1. The Morgan fingerprint density at radius 1 is 0.900 bits per heavy atom. The van der Waals surface area contributed by atoms with Gasteiger partial charge in [-0.15, -0.1) is 0 Å². The molecule has 0 aliphatic rings. The molecular weight excluding hydrogens is 268 g/mol. The SMILES string of the molecule is N#Cc1c(Cl)cccc1Nc1ccc2ccccc2c1. The number of rotatable bonds is 2. The average molecular weight is 279 g/mol. The summed E-state index contributed by atoms with van der Waals surface area (Å²) in [5.41, 5.74) is 2.11.